The van der Waals surface area contributed by atoms with Crippen molar-refractivity contribution < 1.29 is 9.53 Å². The molecule has 0 spiro atoms. The molecule has 5 nitrogen and oxygen atoms in total. The number of amides is 1. The highest BCUT2D eigenvalue weighted by atomic mass is 16.6. The summed E-state index contributed by atoms with van der Waals surface area (Å²) >= 11 is 0. The zero-order valence-corrected chi connectivity index (χ0v) is 28.3. The highest BCUT2D eigenvalue weighted by molar-refractivity contribution is 5.67. The molecule has 3 fully saturated rings. The van der Waals surface area contributed by atoms with Gasteiger partial charge in [0.2, 0.25) is 0 Å². The average molecular weight is 586 g/mol. The van der Waals surface area contributed by atoms with Gasteiger partial charge in [-0.3, -0.25) is 0 Å². The van der Waals surface area contributed by atoms with Crippen LogP contribution in [0.5, 0.6) is 0 Å². The van der Waals surface area contributed by atoms with Gasteiger partial charge in [-0.1, -0.05) is 66.0 Å². The van der Waals surface area contributed by atoms with Crippen LogP contribution >= 0.6 is 0 Å². The Morgan fingerprint density at radius 1 is 0.976 bits per heavy atom. The fraction of sp³-hybridized carbons (Fsp3) is 0.919. The third kappa shape index (κ3) is 7.08. The van der Waals surface area contributed by atoms with Crippen LogP contribution < -0.4 is 11.5 Å². The number of fused-ring (bicyclic) bond motifs is 5. The molecule has 0 aliphatic heterocycles. The number of ether oxygens (including phenoxy) is 1. The molecular formula is C37H67N3O2. The van der Waals surface area contributed by atoms with Crippen molar-refractivity contribution in [2.75, 3.05) is 26.2 Å². The maximum absolute atomic E-state index is 13.2. The standard InChI is InChI=1S/C37H67N3O2/c1-7-28(26(2)3)12-11-27(4)32-15-16-33-31-14-13-29-25-30(17-19-36(29,5)34(31)18-20-37(32,33)6)42-35(41)40(24-10-22-39)23-9-8-21-38/h13,26-28,30-34H,7-12,14-25,38-39H2,1-6H3/t27-,28-,30+,31+,32-,33+,34+,36+,37-/m1/s1. The number of hydrogen-bond acceptors (Lipinski definition) is 4. The van der Waals surface area contributed by atoms with Gasteiger partial charge in [-0.2, -0.15) is 0 Å². The smallest absolute Gasteiger partial charge is 0.410 e. The first-order valence-electron chi connectivity index (χ1n) is 18.1. The van der Waals surface area contributed by atoms with E-state index >= 15 is 0 Å². The van der Waals surface area contributed by atoms with Gasteiger partial charge in [0.15, 0.2) is 0 Å². The quantitative estimate of drug-likeness (QED) is 0.158. The second-order valence-electron chi connectivity index (χ2n) is 15.8. The van der Waals surface area contributed by atoms with E-state index in [9.17, 15) is 4.79 Å². The van der Waals surface area contributed by atoms with Gasteiger partial charge in [0.1, 0.15) is 6.10 Å². The van der Waals surface area contributed by atoms with Crippen LogP contribution in [-0.4, -0.2) is 43.3 Å². The van der Waals surface area contributed by atoms with Gasteiger partial charge in [-0.05, 0) is 136 Å². The van der Waals surface area contributed by atoms with Gasteiger partial charge in [-0.25, -0.2) is 4.79 Å². The Morgan fingerprint density at radius 2 is 1.71 bits per heavy atom. The van der Waals surface area contributed by atoms with Gasteiger partial charge < -0.3 is 21.1 Å². The van der Waals surface area contributed by atoms with E-state index in [1.807, 2.05) is 4.90 Å². The van der Waals surface area contributed by atoms with E-state index in [0.29, 0.717) is 31.6 Å². The summed E-state index contributed by atoms with van der Waals surface area (Å²) in [5, 5.41) is 0. The van der Waals surface area contributed by atoms with E-state index in [2.05, 4.69) is 47.6 Å². The molecule has 4 rings (SSSR count). The van der Waals surface area contributed by atoms with Crippen LogP contribution in [-0.2, 0) is 4.74 Å². The molecule has 0 bridgehead atoms. The van der Waals surface area contributed by atoms with E-state index in [0.717, 1.165) is 80.0 Å². The molecule has 0 saturated heterocycles. The molecule has 0 heterocycles. The number of hydrogen-bond donors (Lipinski definition) is 2. The summed E-state index contributed by atoms with van der Waals surface area (Å²) < 4.78 is 6.17. The summed E-state index contributed by atoms with van der Waals surface area (Å²) in [7, 11) is 0. The van der Waals surface area contributed by atoms with Gasteiger partial charge >= 0.3 is 6.09 Å². The van der Waals surface area contributed by atoms with Crippen molar-refractivity contribution in [2.24, 2.45) is 63.7 Å². The molecule has 242 valence electrons. The van der Waals surface area contributed by atoms with Crippen LogP contribution in [0.3, 0.4) is 0 Å². The van der Waals surface area contributed by atoms with E-state index < -0.39 is 0 Å². The molecule has 0 unspecified atom stereocenters. The molecular weight excluding hydrogens is 518 g/mol. The second-order valence-corrected chi connectivity index (χ2v) is 15.8. The molecule has 0 aromatic rings. The largest absolute Gasteiger partial charge is 0.446 e. The van der Waals surface area contributed by atoms with E-state index in [1.54, 1.807) is 5.57 Å². The number of nitrogens with zero attached hydrogens (tertiary/aromatic N) is 1. The maximum Gasteiger partial charge on any atom is 0.410 e. The van der Waals surface area contributed by atoms with Gasteiger partial charge in [0, 0.05) is 19.5 Å². The molecule has 3 saturated carbocycles. The fourth-order valence-electron chi connectivity index (χ4n) is 10.6. The van der Waals surface area contributed by atoms with E-state index in [-0.39, 0.29) is 17.6 Å². The molecule has 5 heteroatoms. The summed E-state index contributed by atoms with van der Waals surface area (Å²) in [5.41, 5.74) is 13.8. The number of rotatable bonds is 14. The summed E-state index contributed by atoms with van der Waals surface area (Å²) in [6.45, 7) is 17.7. The number of carbonyl (C=O) groups is 1. The minimum absolute atomic E-state index is 0.00612. The normalized spacial score (nSPS) is 35.5. The topological polar surface area (TPSA) is 81.6 Å². The van der Waals surface area contributed by atoms with Crippen molar-refractivity contribution in [3.8, 4) is 0 Å². The lowest BCUT2D eigenvalue weighted by Crippen LogP contribution is -2.51. The highest BCUT2D eigenvalue weighted by Crippen LogP contribution is 2.67. The molecule has 0 radical (unpaired) electrons. The molecule has 4 aliphatic rings. The van der Waals surface area contributed by atoms with Crippen LogP contribution in [0.2, 0.25) is 0 Å². The summed E-state index contributed by atoms with van der Waals surface area (Å²) in [6.07, 6.45) is 19.3. The van der Waals surface area contributed by atoms with Crippen LogP contribution in [0.15, 0.2) is 11.6 Å². The van der Waals surface area contributed by atoms with Gasteiger partial charge in [0.05, 0.1) is 0 Å². The molecule has 4 aliphatic carbocycles. The molecule has 0 aromatic carbocycles. The zero-order valence-electron chi connectivity index (χ0n) is 28.3. The van der Waals surface area contributed by atoms with Crippen molar-refractivity contribution in [3.05, 3.63) is 11.6 Å². The van der Waals surface area contributed by atoms with Crippen molar-refractivity contribution >= 4 is 6.09 Å². The van der Waals surface area contributed by atoms with Crippen LogP contribution in [0, 0.1) is 52.3 Å². The Hall–Kier alpha value is -1.07. The lowest BCUT2D eigenvalue weighted by Gasteiger charge is -2.58. The third-order valence-corrected chi connectivity index (χ3v) is 13.3. The maximum atomic E-state index is 13.2. The first-order valence-corrected chi connectivity index (χ1v) is 18.1. The number of carbonyl (C=O) groups excluding carboxylic acids is 1. The van der Waals surface area contributed by atoms with Crippen molar-refractivity contribution in [2.45, 2.75) is 138 Å². The molecule has 4 N–H and O–H groups in total. The summed E-state index contributed by atoms with van der Waals surface area (Å²) in [6, 6.07) is 0. The average Bonchev–Trinajstić information content (AvgIpc) is 3.32. The zero-order chi connectivity index (χ0) is 30.5. The second kappa shape index (κ2) is 14.8. The van der Waals surface area contributed by atoms with Crippen molar-refractivity contribution in [3.63, 3.8) is 0 Å². The van der Waals surface area contributed by atoms with E-state index in [4.69, 9.17) is 16.2 Å². The Labute approximate surface area is 259 Å². The monoisotopic (exact) mass is 586 g/mol. The predicted molar refractivity (Wildman–Crippen MR) is 176 cm³/mol. The van der Waals surface area contributed by atoms with Gasteiger partial charge in [0.25, 0.3) is 0 Å². The fourth-order valence-corrected chi connectivity index (χ4v) is 10.6. The summed E-state index contributed by atoms with van der Waals surface area (Å²) in [5.74, 6) is 5.95. The molecule has 42 heavy (non-hydrogen) atoms. The van der Waals surface area contributed by atoms with E-state index in [1.165, 1.54) is 51.4 Å². The Morgan fingerprint density at radius 3 is 2.40 bits per heavy atom. The van der Waals surface area contributed by atoms with Crippen LogP contribution in [0.4, 0.5) is 4.79 Å². The lowest BCUT2D eigenvalue weighted by molar-refractivity contribution is -0.0595. The number of allylic oxidation sites excluding steroid dienone is 1. The first-order chi connectivity index (χ1) is 20.1. The summed E-state index contributed by atoms with van der Waals surface area (Å²) in [4.78, 5) is 15.0. The first kappa shape index (κ1) is 33.8. The number of unbranched alkanes of at least 4 members (excludes halogenated alkanes) is 1. The SMILES string of the molecule is CC[C@H](CC[C@@H](C)[C@H]1CC[C@H]2[C@@H]3CC=C4C[C@@H](OC(=O)N(CCCN)CCCCN)CC[C@]4(C)[C@H]3CC[C@]12C)C(C)C. The third-order valence-electron chi connectivity index (χ3n) is 13.3. The predicted octanol–water partition coefficient (Wildman–Crippen LogP) is 8.56. The van der Waals surface area contributed by atoms with Crippen LogP contribution in [0.1, 0.15) is 131 Å². The van der Waals surface area contributed by atoms with Gasteiger partial charge in [-0.15, -0.1) is 0 Å². The van der Waals surface area contributed by atoms with Crippen molar-refractivity contribution in [1.29, 1.82) is 0 Å². The number of nitrogens with two attached hydrogens (primary N) is 2. The Bertz CT molecular complexity index is 903. The Balaban J connectivity index is 1.38. The van der Waals surface area contributed by atoms with Crippen LogP contribution in [0.25, 0.3) is 0 Å². The lowest BCUT2D eigenvalue weighted by atomic mass is 9.47. The molecule has 0 aromatic heterocycles. The minimum atomic E-state index is -0.151. The minimum Gasteiger partial charge on any atom is -0.446 e. The molecule has 9 atom stereocenters. The Kier molecular flexibility index (Phi) is 11.9. The van der Waals surface area contributed by atoms with Crippen molar-refractivity contribution in [1.82, 2.24) is 4.90 Å². The highest BCUT2D eigenvalue weighted by Gasteiger charge is 2.59. The molecule has 1 amide bonds.